The van der Waals surface area contributed by atoms with Crippen molar-refractivity contribution in [2.75, 3.05) is 23.3 Å². The van der Waals surface area contributed by atoms with Gasteiger partial charge in [-0.25, -0.2) is 4.98 Å². The summed E-state index contributed by atoms with van der Waals surface area (Å²) in [5.74, 6) is 0.114. The molecule has 0 radical (unpaired) electrons. The first kappa shape index (κ1) is 23.0. The molecule has 182 valence electrons. The van der Waals surface area contributed by atoms with E-state index in [1.165, 1.54) is 6.92 Å². The average Bonchev–Trinajstić information content (AvgIpc) is 3.39. The molecule has 1 unspecified atom stereocenters. The molecule has 5 rings (SSSR count). The number of nitrogens with zero attached hydrogens (tertiary/aromatic N) is 4. The van der Waals surface area contributed by atoms with E-state index in [4.69, 9.17) is 0 Å². The van der Waals surface area contributed by atoms with Crippen LogP contribution in [-0.2, 0) is 17.8 Å². The number of benzene rings is 1. The van der Waals surface area contributed by atoms with Crippen molar-refractivity contribution >= 4 is 34.5 Å². The maximum atomic E-state index is 13.3. The lowest BCUT2D eigenvalue weighted by molar-refractivity contribution is -0.114. The number of nitrogens with one attached hydrogen (secondary N) is 2. The summed E-state index contributed by atoms with van der Waals surface area (Å²) in [6.45, 7) is 5.85. The van der Waals surface area contributed by atoms with Crippen molar-refractivity contribution in [2.45, 2.75) is 58.5 Å². The molecule has 2 N–H and O–H groups in total. The lowest BCUT2D eigenvalue weighted by Gasteiger charge is -2.27. The standard InChI is InChI=1S/C26H30N6O3/c1-3-31-15-21(23(34)20-14-27-26(30-24(20)31)32-11-4-5-12-32)25(35)29-22-8-6-7-17-13-18(28-16(2)33)9-10-19(17)22/h9-10,13-15,22H,3-8,11-12H2,1-2H3,(H,28,33)(H,29,35). The number of rotatable bonds is 5. The van der Waals surface area contributed by atoms with Gasteiger partial charge in [0.05, 0.1) is 11.4 Å². The Hall–Kier alpha value is -3.75. The molecule has 1 aliphatic heterocycles. The van der Waals surface area contributed by atoms with E-state index in [1.807, 2.05) is 29.7 Å². The van der Waals surface area contributed by atoms with Gasteiger partial charge in [-0.1, -0.05) is 6.07 Å². The Bertz CT molecular complexity index is 1360. The van der Waals surface area contributed by atoms with Gasteiger partial charge < -0.3 is 20.1 Å². The number of aryl methyl sites for hydroxylation is 2. The Labute approximate surface area is 203 Å². The highest BCUT2D eigenvalue weighted by atomic mass is 16.2. The van der Waals surface area contributed by atoms with Gasteiger partial charge in [0.25, 0.3) is 5.91 Å². The zero-order valence-corrected chi connectivity index (χ0v) is 20.1. The SMILES string of the molecule is CCn1cc(C(=O)NC2CCCc3cc(NC(C)=O)ccc32)c(=O)c2cnc(N3CCCC3)nc21. The van der Waals surface area contributed by atoms with Gasteiger partial charge in [-0.05, 0) is 62.3 Å². The highest BCUT2D eigenvalue weighted by Gasteiger charge is 2.25. The van der Waals surface area contributed by atoms with E-state index >= 15 is 0 Å². The molecule has 35 heavy (non-hydrogen) atoms. The quantitative estimate of drug-likeness (QED) is 0.588. The molecule has 1 atom stereocenters. The first-order chi connectivity index (χ1) is 16.9. The Kier molecular flexibility index (Phi) is 6.23. The predicted molar refractivity (Wildman–Crippen MR) is 135 cm³/mol. The minimum absolute atomic E-state index is 0.0962. The van der Waals surface area contributed by atoms with Crippen molar-refractivity contribution < 1.29 is 9.59 Å². The van der Waals surface area contributed by atoms with Crippen LogP contribution in [0, 0.1) is 0 Å². The van der Waals surface area contributed by atoms with Crippen molar-refractivity contribution in [1.82, 2.24) is 19.9 Å². The number of aromatic nitrogens is 3. The van der Waals surface area contributed by atoms with E-state index in [1.54, 1.807) is 12.4 Å². The second-order valence-electron chi connectivity index (χ2n) is 9.27. The minimum atomic E-state index is -0.397. The summed E-state index contributed by atoms with van der Waals surface area (Å²) in [6.07, 6.45) is 7.97. The smallest absolute Gasteiger partial charge is 0.257 e. The molecule has 1 saturated heterocycles. The molecule has 0 spiro atoms. The van der Waals surface area contributed by atoms with Crippen LogP contribution >= 0.6 is 0 Å². The van der Waals surface area contributed by atoms with E-state index in [2.05, 4.69) is 25.5 Å². The van der Waals surface area contributed by atoms with Crippen LogP contribution in [0.5, 0.6) is 0 Å². The Morgan fingerprint density at radius 2 is 1.97 bits per heavy atom. The molecule has 3 heterocycles. The minimum Gasteiger partial charge on any atom is -0.345 e. The number of hydrogen-bond acceptors (Lipinski definition) is 6. The van der Waals surface area contributed by atoms with E-state index in [9.17, 15) is 14.4 Å². The third-order valence-corrected chi connectivity index (χ3v) is 6.86. The molecule has 2 amide bonds. The van der Waals surface area contributed by atoms with Gasteiger partial charge in [-0.15, -0.1) is 0 Å². The van der Waals surface area contributed by atoms with E-state index in [0.717, 1.165) is 62.0 Å². The van der Waals surface area contributed by atoms with Gasteiger partial charge in [0.15, 0.2) is 0 Å². The fourth-order valence-electron chi connectivity index (χ4n) is 5.12. The fraction of sp³-hybridized carbons (Fsp3) is 0.423. The first-order valence-corrected chi connectivity index (χ1v) is 12.3. The molecule has 2 aliphatic rings. The van der Waals surface area contributed by atoms with Gasteiger partial charge in [0, 0.05) is 44.6 Å². The number of amides is 2. The van der Waals surface area contributed by atoms with Crippen molar-refractivity contribution in [3.05, 3.63) is 57.5 Å². The van der Waals surface area contributed by atoms with E-state index in [-0.39, 0.29) is 22.9 Å². The second kappa shape index (κ2) is 9.48. The molecule has 1 fully saturated rings. The molecule has 2 aromatic heterocycles. The van der Waals surface area contributed by atoms with Crippen molar-refractivity contribution in [3.63, 3.8) is 0 Å². The average molecular weight is 475 g/mol. The molecular weight excluding hydrogens is 444 g/mol. The first-order valence-electron chi connectivity index (χ1n) is 12.3. The van der Waals surface area contributed by atoms with Crippen molar-refractivity contribution in [1.29, 1.82) is 0 Å². The van der Waals surface area contributed by atoms with Crippen LogP contribution in [0.15, 0.2) is 35.4 Å². The normalized spacial score (nSPS) is 17.3. The van der Waals surface area contributed by atoms with Gasteiger partial charge >= 0.3 is 0 Å². The number of anilines is 2. The van der Waals surface area contributed by atoms with E-state index in [0.29, 0.717) is 23.5 Å². The fourth-order valence-corrected chi connectivity index (χ4v) is 5.12. The maximum absolute atomic E-state index is 13.3. The molecule has 1 aromatic carbocycles. The Morgan fingerprint density at radius 1 is 1.17 bits per heavy atom. The zero-order chi connectivity index (χ0) is 24.5. The summed E-state index contributed by atoms with van der Waals surface area (Å²) in [4.78, 5) is 49.3. The lowest BCUT2D eigenvalue weighted by Crippen LogP contribution is -2.34. The summed E-state index contributed by atoms with van der Waals surface area (Å²) < 4.78 is 1.85. The van der Waals surface area contributed by atoms with Gasteiger partial charge in [0.1, 0.15) is 11.2 Å². The molecule has 9 nitrogen and oxygen atoms in total. The van der Waals surface area contributed by atoms with Crippen LogP contribution in [0.4, 0.5) is 11.6 Å². The van der Waals surface area contributed by atoms with Crippen LogP contribution in [0.25, 0.3) is 11.0 Å². The summed E-state index contributed by atoms with van der Waals surface area (Å²) >= 11 is 0. The topological polar surface area (TPSA) is 109 Å². The highest BCUT2D eigenvalue weighted by Crippen LogP contribution is 2.32. The number of carbonyl (C=O) groups excluding carboxylic acids is 2. The summed E-state index contributed by atoms with van der Waals surface area (Å²) in [5, 5.41) is 6.24. The van der Waals surface area contributed by atoms with Crippen LogP contribution in [0.2, 0.25) is 0 Å². The highest BCUT2D eigenvalue weighted by molar-refractivity contribution is 5.97. The van der Waals surface area contributed by atoms with Crippen molar-refractivity contribution in [3.8, 4) is 0 Å². The number of pyridine rings is 1. The zero-order valence-electron chi connectivity index (χ0n) is 20.1. The molecule has 1 aliphatic carbocycles. The van der Waals surface area contributed by atoms with Gasteiger partial charge in [-0.2, -0.15) is 4.98 Å². The summed E-state index contributed by atoms with van der Waals surface area (Å²) in [6, 6.07) is 5.56. The second-order valence-corrected chi connectivity index (χ2v) is 9.27. The third-order valence-electron chi connectivity index (χ3n) is 6.86. The van der Waals surface area contributed by atoms with Gasteiger partial charge in [0.2, 0.25) is 17.3 Å². The molecule has 3 aromatic rings. The van der Waals surface area contributed by atoms with Crippen LogP contribution in [0.3, 0.4) is 0 Å². The van der Waals surface area contributed by atoms with Crippen LogP contribution in [-0.4, -0.2) is 39.4 Å². The lowest BCUT2D eigenvalue weighted by atomic mass is 9.87. The van der Waals surface area contributed by atoms with Crippen LogP contribution in [0.1, 0.15) is 67.1 Å². The molecule has 9 heteroatoms. The molecule has 0 saturated carbocycles. The monoisotopic (exact) mass is 474 g/mol. The predicted octanol–water partition coefficient (Wildman–Crippen LogP) is 3.18. The third kappa shape index (κ3) is 4.50. The molecule has 0 bridgehead atoms. The maximum Gasteiger partial charge on any atom is 0.257 e. The summed E-state index contributed by atoms with van der Waals surface area (Å²) in [5.41, 5.74) is 3.16. The Morgan fingerprint density at radius 3 is 2.71 bits per heavy atom. The molecular formula is C26H30N6O3. The Balaban J connectivity index is 1.44. The van der Waals surface area contributed by atoms with Crippen LogP contribution < -0.4 is 21.0 Å². The number of fused-ring (bicyclic) bond motifs is 2. The van der Waals surface area contributed by atoms with E-state index < -0.39 is 5.91 Å². The summed E-state index contributed by atoms with van der Waals surface area (Å²) in [7, 11) is 0. The number of carbonyl (C=O) groups is 2. The van der Waals surface area contributed by atoms with Crippen molar-refractivity contribution in [2.24, 2.45) is 0 Å². The number of hydrogen-bond donors (Lipinski definition) is 2. The largest absolute Gasteiger partial charge is 0.345 e. The van der Waals surface area contributed by atoms with Gasteiger partial charge in [-0.3, -0.25) is 14.4 Å².